The van der Waals surface area contributed by atoms with E-state index in [1.807, 2.05) is 36.4 Å². The third kappa shape index (κ3) is 5.98. The Morgan fingerprint density at radius 2 is 1.44 bits per heavy atom. The summed E-state index contributed by atoms with van der Waals surface area (Å²) in [5.74, 6) is -0.988. The fourth-order valence-electron chi connectivity index (χ4n) is 3.27. The van der Waals surface area contributed by atoms with Gasteiger partial charge < -0.3 is 19.8 Å². The number of hydrogen-bond acceptors (Lipinski definition) is 5. The normalized spacial score (nSPS) is 11.3. The molecule has 0 unspecified atom stereocenters. The molecular formula is C27H22N2O5. The van der Waals surface area contributed by atoms with Crippen molar-refractivity contribution in [3.8, 4) is 5.75 Å². The molecule has 34 heavy (non-hydrogen) atoms. The van der Waals surface area contributed by atoms with Gasteiger partial charge in [-0.05, 0) is 54.1 Å². The van der Waals surface area contributed by atoms with Crippen molar-refractivity contribution in [3.63, 3.8) is 0 Å². The van der Waals surface area contributed by atoms with E-state index in [1.54, 1.807) is 54.6 Å². The van der Waals surface area contributed by atoms with Gasteiger partial charge in [0.25, 0.3) is 11.8 Å². The summed E-state index contributed by atoms with van der Waals surface area (Å²) >= 11 is 0. The SMILES string of the molecule is O=C(Nc1ccc(OC(=O)[C@H](Cc2ccccc2)NC(=O)c2ccco2)cc1)c1ccccc1. The van der Waals surface area contributed by atoms with E-state index in [9.17, 15) is 14.4 Å². The molecule has 0 aliphatic carbocycles. The third-order valence-electron chi connectivity index (χ3n) is 4.98. The average Bonchev–Trinajstić information content (AvgIpc) is 3.41. The van der Waals surface area contributed by atoms with Crippen LogP contribution in [0.3, 0.4) is 0 Å². The first-order valence-corrected chi connectivity index (χ1v) is 10.6. The Labute approximate surface area is 196 Å². The molecule has 0 saturated heterocycles. The van der Waals surface area contributed by atoms with E-state index >= 15 is 0 Å². The van der Waals surface area contributed by atoms with Crippen LogP contribution in [0.15, 0.2) is 108 Å². The molecule has 0 aliphatic rings. The van der Waals surface area contributed by atoms with Crippen molar-refractivity contribution in [2.75, 3.05) is 5.32 Å². The monoisotopic (exact) mass is 454 g/mol. The number of hydrogen-bond donors (Lipinski definition) is 2. The molecular weight excluding hydrogens is 432 g/mol. The molecule has 1 aromatic heterocycles. The second-order valence-corrected chi connectivity index (χ2v) is 7.46. The van der Waals surface area contributed by atoms with Gasteiger partial charge >= 0.3 is 5.97 Å². The van der Waals surface area contributed by atoms with Crippen molar-refractivity contribution in [3.05, 3.63) is 120 Å². The maximum Gasteiger partial charge on any atom is 0.334 e. The second-order valence-electron chi connectivity index (χ2n) is 7.46. The highest BCUT2D eigenvalue weighted by Crippen LogP contribution is 2.18. The molecule has 7 nitrogen and oxygen atoms in total. The lowest BCUT2D eigenvalue weighted by molar-refractivity contribution is -0.136. The number of amides is 2. The Morgan fingerprint density at radius 3 is 2.09 bits per heavy atom. The Bertz CT molecular complexity index is 1240. The van der Waals surface area contributed by atoms with Crippen LogP contribution in [0.1, 0.15) is 26.5 Å². The predicted molar refractivity (Wildman–Crippen MR) is 127 cm³/mol. The van der Waals surface area contributed by atoms with Crippen LogP contribution in [0.5, 0.6) is 5.75 Å². The largest absolute Gasteiger partial charge is 0.459 e. The maximum atomic E-state index is 12.9. The molecule has 1 heterocycles. The smallest absolute Gasteiger partial charge is 0.334 e. The summed E-state index contributed by atoms with van der Waals surface area (Å²) in [6.07, 6.45) is 1.63. The summed E-state index contributed by atoms with van der Waals surface area (Å²) in [5, 5.41) is 5.47. The van der Waals surface area contributed by atoms with E-state index in [2.05, 4.69) is 10.6 Å². The molecule has 0 bridgehead atoms. The second kappa shape index (κ2) is 10.8. The minimum absolute atomic E-state index is 0.101. The fraction of sp³-hybridized carbons (Fsp3) is 0.0741. The van der Waals surface area contributed by atoms with Crippen LogP contribution >= 0.6 is 0 Å². The van der Waals surface area contributed by atoms with Gasteiger partial charge in [0.15, 0.2) is 5.76 Å². The van der Waals surface area contributed by atoms with Gasteiger partial charge in [-0.15, -0.1) is 0 Å². The van der Waals surface area contributed by atoms with Gasteiger partial charge in [-0.3, -0.25) is 9.59 Å². The van der Waals surface area contributed by atoms with Crippen LogP contribution in [0.2, 0.25) is 0 Å². The number of ether oxygens (including phenoxy) is 1. The van der Waals surface area contributed by atoms with Crippen LogP contribution in [0.4, 0.5) is 5.69 Å². The lowest BCUT2D eigenvalue weighted by Crippen LogP contribution is -2.44. The number of nitrogens with one attached hydrogen (secondary N) is 2. The van der Waals surface area contributed by atoms with Gasteiger partial charge in [-0.25, -0.2) is 4.79 Å². The van der Waals surface area contributed by atoms with Crippen LogP contribution in [-0.2, 0) is 11.2 Å². The van der Waals surface area contributed by atoms with Gasteiger partial charge in [0.2, 0.25) is 0 Å². The van der Waals surface area contributed by atoms with Crippen molar-refractivity contribution >= 4 is 23.5 Å². The zero-order valence-electron chi connectivity index (χ0n) is 18.1. The number of esters is 1. The molecule has 0 fully saturated rings. The quantitative estimate of drug-likeness (QED) is 0.302. The topological polar surface area (TPSA) is 97.6 Å². The minimum atomic E-state index is -0.933. The number of carbonyl (C=O) groups is 3. The molecule has 0 radical (unpaired) electrons. The van der Waals surface area contributed by atoms with Crippen molar-refractivity contribution in [1.82, 2.24) is 5.32 Å². The van der Waals surface area contributed by atoms with E-state index in [0.29, 0.717) is 11.3 Å². The van der Waals surface area contributed by atoms with Gasteiger partial charge in [0.1, 0.15) is 11.8 Å². The summed E-state index contributed by atoms with van der Waals surface area (Å²) in [5.41, 5.74) is 1.96. The Hall–Kier alpha value is -4.65. The van der Waals surface area contributed by atoms with Gasteiger partial charge in [0.05, 0.1) is 6.26 Å². The highest BCUT2D eigenvalue weighted by atomic mass is 16.5. The summed E-state index contributed by atoms with van der Waals surface area (Å²) in [6, 6.07) is 26.8. The van der Waals surface area contributed by atoms with Gasteiger partial charge in [-0.2, -0.15) is 0 Å². The number of benzene rings is 3. The van der Waals surface area contributed by atoms with Gasteiger partial charge in [-0.1, -0.05) is 48.5 Å². The molecule has 0 aliphatic heterocycles. The summed E-state index contributed by atoms with van der Waals surface area (Å²) in [7, 11) is 0. The van der Waals surface area contributed by atoms with Crippen LogP contribution in [0, 0.1) is 0 Å². The summed E-state index contributed by atoms with van der Waals surface area (Å²) in [4.78, 5) is 37.7. The molecule has 1 atom stereocenters. The first-order valence-electron chi connectivity index (χ1n) is 10.6. The number of furan rings is 1. The summed E-state index contributed by atoms with van der Waals surface area (Å²) < 4.78 is 10.6. The zero-order chi connectivity index (χ0) is 23.8. The van der Waals surface area contributed by atoms with Crippen molar-refractivity contribution in [2.24, 2.45) is 0 Å². The molecule has 2 amide bonds. The first-order chi connectivity index (χ1) is 16.6. The van der Waals surface area contributed by atoms with Crippen LogP contribution < -0.4 is 15.4 Å². The molecule has 7 heteroatoms. The van der Waals surface area contributed by atoms with E-state index in [1.165, 1.54) is 12.3 Å². The number of carbonyl (C=O) groups excluding carboxylic acids is 3. The zero-order valence-corrected chi connectivity index (χ0v) is 18.1. The first kappa shape index (κ1) is 22.5. The highest BCUT2D eigenvalue weighted by Gasteiger charge is 2.25. The number of rotatable bonds is 8. The summed E-state index contributed by atoms with van der Waals surface area (Å²) in [6.45, 7) is 0. The van der Waals surface area contributed by atoms with E-state index < -0.39 is 17.9 Å². The molecule has 4 rings (SSSR count). The Kier molecular flexibility index (Phi) is 7.15. The molecule has 0 spiro atoms. The lowest BCUT2D eigenvalue weighted by Gasteiger charge is -2.17. The lowest BCUT2D eigenvalue weighted by atomic mass is 10.1. The van der Waals surface area contributed by atoms with Gasteiger partial charge in [0, 0.05) is 17.7 Å². The molecule has 3 aromatic carbocycles. The average molecular weight is 454 g/mol. The van der Waals surface area contributed by atoms with Crippen molar-refractivity contribution in [1.29, 1.82) is 0 Å². The highest BCUT2D eigenvalue weighted by molar-refractivity contribution is 6.04. The standard InChI is InChI=1S/C27H22N2O5/c30-25(20-10-5-2-6-11-20)28-21-13-15-22(16-14-21)34-27(32)23(18-19-8-3-1-4-9-19)29-26(31)24-12-7-17-33-24/h1-17,23H,18H2,(H,28,30)(H,29,31)/t23-/m0/s1. The van der Waals surface area contributed by atoms with Crippen LogP contribution in [0.25, 0.3) is 0 Å². The minimum Gasteiger partial charge on any atom is -0.459 e. The maximum absolute atomic E-state index is 12.9. The molecule has 4 aromatic rings. The van der Waals surface area contributed by atoms with E-state index in [0.717, 1.165) is 5.56 Å². The predicted octanol–water partition coefficient (Wildman–Crippen LogP) is 4.48. The molecule has 0 saturated carbocycles. The van der Waals surface area contributed by atoms with E-state index in [4.69, 9.17) is 9.15 Å². The van der Waals surface area contributed by atoms with Crippen molar-refractivity contribution in [2.45, 2.75) is 12.5 Å². The molecule has 2 N–H and O–H groups in total. The Balaban J connectivity index is 1.42. The Morgan fingerprint density at radius 1 is 0.765 bits per heavy atom. The van der Waals surface area contributed by atoms with Crippen molar-refractivity contribution < 1.29 is 23.5 Å². The fourth-order valence-corrected chi connectivity index (χ4v) is 3.27. The molecule has 170 valence electrons. The van der Waals surface area contributed by atoms with E-state index in [-0.39, 0.29) is 23.8 Å². The number of anilines is 1. The van der Waals surface area contributed by atoms with Crippen LogP contribution in [-0.4, -0.2) is 23.8 Å². The third-order valence-corrected chi connectivity index (χ3v) is 4.98.